The number of nitrogens with one attached hydrogen (secondary N) is 1. The number of carbonyl (C=O) groups excluding carboxylic acids is 1. The van der Waals surface area contributed by atoms with Crippen LogP contribution in [0.15, 0.2) is 41.3 Å². The Bertz CT molecular complexity index is 1270. The molecule has 1 saturated heterocycles. The SMILES string of the molecule is Cc1cc(=O)n(C(C)C)c2nc(Nc3ccc(N4CCN(C(=O)OC(C)(C)C)CC4)cc3)ncc12. The summed E-state index contributed by atoms with van der Waals surface area (Å²) in [6, 6.07) is 9.67. The number of hydrogen-bond acceptors (Lipinski definition) is 7. The van der Waals surface area contributed by atoms with Gasteiger partial charge >= 0.3 is 6.09 Å². The lowest BCUT2D eigenvalue weighted by Gasteiger charge is -2.36. The fourth-order valence-electron chi connectivity index (χ4n) is 4.19. The van der Waals surface area contributed by atoms with Gasteiger partial charge in [-0.05, 0) is 71.4 Å². The smallest absolute Gasteiger partial charge is 0.410 e. The Hall–Kier alpha value is -3.62. The van der Waals surface area contributed by atoms with Gasteiger partial charge < -0.3 is 19.9 Å². The second-order valence-electron chi connectivity index (χ2n) is 10.2. The standard InChI is InChI=1S/C26H34N6O3/c1-17(2)32-22(33)15-18(3)21-16-27-24(29-23(21)32)28-19-7-9-20(10-8-19)30-11-13-31(14-12-30)25(34)35-26(4,5)6/h7-10,15-17H,11-14H2,1-6H3,(H,27,28,29). The van der Waals surface area contributed by atoms with Crippen LogP contribution in [-0.2, 0) is 4.74 Å². The zero-order valence-electron chi connectivity index (χ0n) is 21.3. The minimum absolute atomic E-state index is 0.0107. The fraction of sp³-hybridized carbons (Fsp3) is 0.462. The van der Waals surface area contributed by atoms with Crippen molar-refractivity contribution in [1.82, 2.24) is 19.4 Å². The Morgan fingerprint density at radius 2 is 1.74 bits per heavy atom. The van der Waals surface area contributed by atoms with Gasteiger partial charge in [0.25, 0.3) is 5.56 Å². The number of pyridine rings is 1. The maximum absolute atomic E-state index is 12.5. The number of anilines is 3. The molecule has 1 aromatic carbocycles. The summed E-state index contributed by atoms with van der Waals surface area (Å²) in [5.74, 6) is 0.440. The van der Waals surface area contributed by atoms with Crippen LogP contribution < -0.4 is 15.8 Å². The van der Waals surface area contributed by atoms with E-state index < -0.39 is 5.60 Å². The molecule has 35 heavy (non-hydrogen) atoms. The molecule has 0 unspecified atom stereocenters. The van der Waals surface area contributed by atoms with Crippen LogP contribution in [0, 0.1) is 6.92 Å². The molecular formula is C26H34N6O3. The normalized spacial score (nSPS) is 14.5. The molecule has 3 heterocycles. The number of aromatic nitrogens is 3. The Morgan fingerprint density at radius 1 is 1.09 bits per heavy atom. The van der Waals surface area contributed by atoms with Crippen LogP contribution in [0.25, 0.3) is 11.0 Å². The molecule has 9 heteroatoms. The first kappa shape index (κ1) is 24.5. The maximum atomic E-state index is 12.5. The number of amides is 1. The van der Waals surface area contributed by atoms with Crippen LogP contribution in [-0.4, -0.2) is 57.3 Å². The van der Waals surface area contributed by atoms with Gasteiger partial charge in [0.1, 0.15) is 11.2 Å². The molecule has 1 N–H and O–H groups in total. The van der Waals surface area contributed by atoms with Gasteiger partial charge in [0.05, 0.1) is 0 Å². The van der Waals surface area contributed by atoms with Gasteiger partial charge in [-0.3, -0.25) is 9.36 Å². The van der Waals surface area contributed by atoms with Crippen molar-refractivity contribution < 1.29 is 9.53 Å². The Kier molecular flexibility index (Phi) is 6.69. The van der Waals surface area contributed by atoms with Crippen molar-refractivity contribution in [3.05, 3.63) is 52.4 Å². The van der Waals surface area contributed by atoms with E-state index in [1.54, 1.807) is 21.7 Å². The topological polar surface area (TPSA) is 92.6 Å². The zero-order chi connectivity index (χ0) is 25.3. The number of benzene rings is 1. The van der Waals surface area contributed by atoms with Crippen LogP contribution in [0.1, 0.15) is 46.2 Å². The van der Waals surface area contributed by atoms with E-state index in [-0.39, 0.29) is 17.7 Å². The van der Waals surface area contributed by atoms with Gasteiger partial charge in [-0.2, -0.15) is 4.98 Å². The number of hydrogen-bond donors (Lipinski definition) is 1. The van der Waals surface area contributed by atoms with Crippen molar-refractivity contribution in [2.24, 2.45) is 0 Å². The summed E-state index contributed by atoms with van der Waals surface area (Å²) in [5.41, 5.74) is 2.88. The summed E-state index contributed by atoms with van der Waals surface area (Å²) in [6.07, 6.45) is 1.50. The van der Waals surface area contributed by atoms with E-state index in [2.05, 4.69) is 20.2 Å². The number of carbonyl (C=O) groups is 1. The Labute approximate surface area is 205 Å². The lowest BCUT2D eigenvalue weighted by molar-refractivity contribution is 0.0240. The molecule has 0 aliphatic carbocycles. The number of ether oxygens (including phenoxy) is 1. The van der Waals surface area contributed by atoms with Gasteiger partial charge in [0.2, 0.25) is 5.95 Å². The van der Waals surface area contributed by atoms with Crippen LogP contribution >= 0.6 is 0 Å². The van der Waals surface area contributed by atoms with Gasteiger partial charge in [-0.15, -0.1) is 0 Å². The first-order chi connectivity index (χ1) is 16.5. The van der Waals surface area contributed by atoms with E-state index in [0.29, 0.717) is 24.7 Å². The van der Waals surface area contributed by atoms with Crippen LogP contribution in [0.4, 0.5) is 22.1 Å². The molecule has 4 rings (SSSR count). The first-order valence-corrected chi connectivity index (χ1v) is 12.0. The molecule has 1 fully saturated rings. The molecule has 9 nitrogen and oxygen atoms in total. The predicted molar refractivity (Wildman–Crippen MR) is 139 cm³/mol. The highest BCUT2D eigenvalue weighted by molar-refractivity contribution is 5.79. The lowest BCUT2D eigenvalue weighted by Crippen LogP contribution is -2.50. The third-order valence-electron chi connectivity index (χ3n) is 5.94. The zero-order valence-corrected chi connectivity index (χ0v) is 21.3. The summed E-state index contributed by atoms with van der Waals surface area (Å²) < 4.78 is 7.17. The minimum atomic E-state index is -0.489. The quantitative estimate of drug-likeness (QED) is 0.591. The van der Waals surface area contributed by atoms with Crippen LogP contribution in [0.2, 0.25) is 0 Å². The van der Waals surface area contributed by atoms with Crippen molar-refractivity contribution in [2.45, 2.75) is 53.2 Å². The molecule has 1 amide bonds. The number of aryl methyl sites for hydroxylation is 1. The predicted octanol–water partition coefficient (Wildman–Crippen LogP) is 4.48. The molecule has 0 bridgehead atoms. The molecule has 1 aliphatic rings. The monoisotopic (exact) mass is 478 g/mol. The summed E-state index contributed by atoms with van der Waals surface area (Å²) in [5, 5.41) is 4.11. The largest absolute Gasteiger partial charge is 0.444 e. The highest BCUT2D eigenvalue weighted by atomic mass is 16.6. The van der Waals surface area contributed by atoms with Crippen molar-refractivity contribution in [1.29, 1.82) is 0 Å². The third kappa shape index (κ3) is 5.55. The number of nitrogens with zero attached hydrogens (tertiary/aromatic N) is 5. The van der Waals surface area contributed by atoms with Gasteiger partial charge in [0, 0.05) is 61.2 Å². The maximum Gasteiger partial charge on any atom is 0.410 e. The van der Waals surface area contributed by atoms with Gasteiger partial charge in [0.15, 0.2) is 0 Å². The second-order valence-corrected chi connectivity index (χ2v) is 10.2. The van der Waals surface area contributed by atoms with Crippen molar-refractivity contribution in [3.8, 4) is 0 Å². The molecule has 0 atom stereocenters. The molecule has 2 aromatic heterocycles. The molecule has 1 aliphatic heterocycles. The molecule has 0 radical (unpaired) electrons. The average molecular weight is 479 g/mol. The second kappa shape index (κ2) is 9.56. The third-order valence-corrected chi connectivity index (χ3v) is 5.94. The summed E-state index contributed by atoms with van der Waals surface area (Å²) in [6.45, 7) is 14.2. The highest BCUT2D eigenvalue weighted by Gasteiger charge is 2.26. The van der Waals surface area contributed by atoms with E-state index in [4.69, 9.17) is 4.74 Å². The summed E-state index contributed by atoms with van der Waals surface area (Å²) in [7, 11) is 0. The van der Waals surface area contributed by atoms with Crippen LogP contribution in [0.5, 0.6) is 0 Å². The molecule has 186 valence electrons. The molecular weight excluding hydrogens is 444 g/mol. The lowest BCUT2D eigenvalue weighted by atomic mass is 10.2. The van der Waals surface area contributed by atoms with E-state index >= 15 is 0 Å². The average Bonchev–Trinajstić information content (AvgIpc) is 2.78. The molecule has 3 aromatic rings. The highest BCUT2D eigenvalue weighted by Crippen LogP contribution is 2.23. The van der Waals surface area contributed by atoms with Gasteiger partial charge in [-0.25, -0.2) is 9.78 Å². The van der Waals surface area contributed by atoms with Crippen LogP contribution in [0.3, 0.4) is 0 Å². The number of rotatable bonds is 4. The Morgan fingerprint density at radius 3 is 2.34 bits per heavy atom. The van der Waals surface area contributed by atoms with Crippen molar-refractivity contribution in [2.75, 3.05) is 36.4 Å². The van der Waals surface area contributed by atoms with E-state index in [0.717, 1.165) is 35.4 Å². The number of fused-ring (bicyclic) bond motifs is 1. The van der Waals surface area contributed by atoms with E-state index in [9.17, 15) is 9.59 Å². The van der Waals surface area contributed by atoms with E-state index in [1.165, 1.54) is 0 Å². The fourth-order valence-corrected chi connectivity index (χ4v) is 4.19. The Balaban J connectivity index is 1.44. The van der Waals surface area contributed by atoms with Crippen molar-refractivity contribution in [3.63, 3.8) is 0 Å². The van der Waals surface area contributed by atoms with Crippen molar-refractivity contribution >= 4 is 34.4 Å². The van der Waals surface area contributed by atoms with E-state index in [1.807, 2.05) is 65.8 Å². The van der Waals surface area contributed by atoms with Gasteiger partial charge in [-0.1, -0.05) is 0 Å². The minimum Gasteiger partial charge on any atom is -0.444 e. The summed E-state index contributed by atoms with van der Waals surface area (Å²) >= 11 is 0. The first-order valence-electron chi connectivity index (χ1n) is 12.0. The molecule has 0 saturated carbocycles. The molecule has 0 spiro atoms. The number of piperazine rings is 1. The summed E-state index contributed by atoms with van der Waals surface area (Å²) in [4.78, 5) is 37.9.